The molecule has 2 fully saturated rings. The second kappa shape index (κ2) is 6.69. The lowest BCUT2D eigenvalue weighted by molar-refractivity contribution is -0.135. The number of aryl methyl sites for hydroxylation is 1. The first-order valence-electron chi connectivity index (χ1n) is 8.35. The summed E-state index contributed by atoms with van der Waals surface area (Å²) in [5.74, 6) is 1.80. The van der Waals surface area contributed by atoms with Crippen LogP contribution in [0.2, 0.25) is 0 Å². The molecule has 1 aliphatic heterocycles. The molecule has 1 saturated heterocycles. The van der Waals surface area contributed by atoms with E-state index < -0.39 is 0 Å². The Hall–Kier alpha value is -1.55. The predicted octanol–water partition coefficient (Wildman–Crippen LogP) is 2.32. The van der Waals surface area contributed by atoms with Gasteiger partial charge in [-0.3, -0.25) is 9.69 Å². The number of rotatable bonds is 5. The summed E-state index contributed by atoms with van der Waals surface area (Å²) in [5.41, 5.74) is 1.07. The van der Waals surface area contributed by atoms with Crippen LogP contribution >= 0.6 is 0 Å². The van der Waals surface area contributed by atoms with E-state index in [1.165, 1.54) is 12.8 Å². The molecule has 120 valence electrons. The van der Waals surface area contributed by atoms with E-state index in [0.717, 1.165) is 43.4 Å². The fourth-order valence-electron chi connectivity index (χ4n) is 3.20. The summed E-state index contributed by atoms with van der Waals surface area (Å²) in [4.78, 5) is 16.8. The summed E-state index contributed by atoms with van der Waals surface area (Å²) in [6.07, 6.45) is 2.76. The Kier molecular flexibility index (Phi) is 4.67. The van der Waals surface area contributed by atoms with Gasteiger partial charge in [0.1, 0.15) is 5.75 Å². The first-order valence-corrected chi connectivity index (χ1v) is 8.35. The van der Waals surface area contributed by atoms with Gasteiger partial charge in [0.05, 0.1) is 0 Å². The molecule has 0 bridgehead atoms. The van der Waals surface area contributed by atoms with Crippen LogP contribution in [0.4, 0.5) is 0 Å². The molecule has 1 aliphatic carbocycles. The Labute approximate surface area is 133 Å². The van der Waals surface area contributed by atoms with Gasteiger partial charge in [-0.25, -0.2) is 0 Å². The van der Waals surface area contributed by atoms with E-state index >= 15 is 0 Å². The van der Waals surface area contributed by atoms with Crippen molar-refractivity contribution in [3.05, 3.63) is 29.8 Å². The molecule has 0 spiro atoms. The van der Waals surface area contributed by atoms with Crippen LogP contribution in [0.1, 0.15) is 25.3 Å². The smallest absolute Gasteiger partial charge is 0.260 e. The summed E-state index contributed by atoms with van der Waals surface area (Å²) in [7, 11) is 0. The fraction of sp³-hybridized carbons (Fsp3) is 0.611. The molecule has 1 saturated carbocycles. The topological polar surface area (TPSA) is 32.8 Å². The first kappa shape index (κ1) is 15.3. The highest BCUT2D eigenvalue weighted by atomic mass is 16.5. The predicted molar refractivity (Wildman–Crippen MR) is 87.0 cm³/mol. The van der Waals surface area contributed by atoms with Gasteiger partial charge in [-0.1, -0.05) is 18.2 Å². The number of piperazine rings is 1. The van der Waals surface area contributed by atoms with E-state index in [0.29, 0.717) is 6.04 Å². The number of carbonyl (C=O) groups is 1. The van der Waals surface area contributed by atoms with Crippen LogP contribution in [0, 0.1) is 12.8 Å². The van der Waals surface area contributed by atoms with Crippen molar-refractivity contribution in [2.24, 2.45) is 5.92 Å². The van der Waals surface area contributed by atoms with Crippen LogP contribution < -0.4 is 4.74 Å². The zero-order valence-corrected chi connectivity index (χ0v) is 13.6. The summed E-state index contributed by atoms with van der Waals surface area (Å²) in [5, 5.41) is 0. The molecule has 1 amide bonds. The molecule has 1 aromatic carbocycles. The van der Waals surface area contributed by atoms with Gasteiger partial charge in [-0.15, -0.1) is 0 Å². The van der Waals surface area contributed by atoms with Gasteiger partial charge < -0.3 is 9.64 Å². The second-order valence-corrected chi connectivity index (χ2v) is 6.55. The molecule has 3 rings (SSSR count). The largest absolute Gasteiger partial charge is 0.484 e. The molecule has 0 aromatic heterocycles. The Bertz CT molecular complexity index is 520. The standard InChI is InChI=1S/C18H26N2O2/c1-14-5-3-4-6-17(14)22-13-18(21)20-11-9-19(10-12-20)15(2)16-7-8-16/h3-6,15-16H,7-13H2,1-2H3. The van der Waals surface area contributed by atoms with Crippen molar-refractivity contribution >= 4 is 5.91 Å². The maximum absolute atomic E-state index is 12.3. The summed E-state index contributed by atoms with van der Waals surface area (Å²) < 4.78 is 5.67. The average Bonchev–Trinajstić information content (AvgIpc) is 3.38. The number of amides is 1. The van der Waals surface area contributed by atoms with E-state index in [-0.39, 0.29) is 12.5 Å². The van der Waals surface area contributed by atoms with Crippen molar-refractivity contribution in [1.82, 2.24) is 9.80 Å². The Morgan fingerprint density at radius 3 is 2.55 bits per heavy atom. The van der Waals surface area contributed by atoms with E-state index in [1.54, 1.807) is 0 Å². The highest BCUT2D eigenvalue weighted by molar-refractivity contribution is 5.78. The first-order chi connectivity index (χ1) is 10.6. The normalized spacial score (nSPS) is 20.7. The number of nitrogens with zero attached hydrogens (tertiary/aromatic N) is 2. The van der Waals surface area contributed by atoms with Gasteiger partial charge in [-0.2, -0.15) is 0 Å². The van der Waals surface area contributed by atoms with E-state index in [2.05, 4.69) is 11.8 Å². The van der Waals surface area contributed by atoms with Crippen molar-refractivity contribution in [3.63, 3.8) is 0 Å². The lowest BCUT2D eigenvalue weighted by Gasteiger charge is -2.38. The zero-order valence-electron chi connectivity index (χ0n) is 13.6. The molecule has 1 unspecified atom stereocenters. The minimum atomic E-state index is 0.0991. The highest BCUT2D eigenvalue weighted by Gasteiger charge is 2.33. The SMILES string of the molecule is Cc1ccccc1OCC(=O)N1CCN(C(C)C2CC2)CC1. The van der Waals surface area contributed by atoms with Crippen LogP contribution in [-0.2, 0) is 4.79 Å². The van der Waals surface area contributed by atoms with Gasteiger partial charge in [-0.05, 0) is 44.2 Å². The average molecular weight is 302 g/mol. The van der Waals surface area contributed by atoms with Gasteiger partial charge in [0.25, 0.3) is 5.91 Å². The van der Waals surface area contributed by atoms with Gasteiger partial charge >= 0.3 is 0 Å². The van der Waals surface area contributed by atoms with Crippen LogP contribution in [0.25, 0.3) is 0 Å². The quantitative estimate of drug-likeness (QED) is 0.837. The monoisotopic (exact) mass is 302 g/mol. The van der Waals surface area contributed by atoms with E-state index in [4.69, 9.17) is 4.74 Å². The molecule has 1 aromatic rings. The Morgan fingerprint density at radius 2 is 1.91 bits per heavy atom. The third-order valence-corrected chi connectivity index (χ3v) is 4.99. The number of ether oxygens (including phenoxy) is 1. The zero-order chi connectivity index (χ0) is 15.5. The number of carbonyl (C=O) groups excluding carboxylic acids is 1. The molecule has 0 radical (unpaired) electrons. The molecule has 4 heteroatoms. The van der Waals surface area contributed by atoms with Crippen molar-refractivity contribution in [2.45, 2.75) is 32.7 Å². The molecular weight excluding hydrogens is 276 g/mol. The van der Waals surface area contributed by atoms with Crippen molar-refractivity contribution in [2.75, 3.05) is 32.8 Å². The Morgan fingerprint density at radius 1 is 1.23 bits per heavy atom. The molecule has 2 aliphatic rings. The van der Waals surface area contributed by atoms with Crippen LogP contribution in [0.3, 0.4) is 0 Å². The van der Waals surface area contributed by atoms with Crippen LogP contribution in [0.5, 0.6) is 5.75 Å². The lowest BCUT2D eigenvalue weighted by atomic mass is 10.1. The molecule has 22 heavy (non-hydrogen) atoms. The van der Waals surface area contributed by atoms with E-state index in [9.17, 15) is 4.79 Å². The minimum Gasteiger partial charge on any atom is -0.484 e. The number of hydrogen-bond acceptors (Lipinski definition) is 3. The number of hydrogen-bond donors (Lipinski definition) is 0. The number of benzene rings is 1. The van der Waals surface area contributed by atoms with Crippen molar-refractivity contribution in [1.29, 1.82) is 0 Å². The lowest BCUT2D eigenvalue weighted by Crippen LogP contribution is -2.52. The van der Waals surface area contributed by atoms with E-state index in [1.807, 2.05) is 36.1 Å². The van der Waals surface area contributed by atoms with Crippen LogP contribution in [-0.4, -0.2) is 54.5 Å². The maximum Gasteiger partial charge on any atom is 0.260 e. The maximum atomic E-state index is 12.3. The summed E-state index contributed by atoms with van der Waals surface area (Å²) in [6.45, 7) is 8.11. The van der Waals surface area contributed by atoms with Gasteiger partial charge in [0.15, 0.2) is 6.61 Å². The summed E-state index contributed by atoms with van der Waals surface area (Å²) in [6, 6.07) is 8.51. The third kappa shape index (κ3) is 3.61. The van der Waals surface area contributed by atoms with Crippen molar-refractivity contribution in [3.8, 4) is 5.75 Å². The van der Waals surface area contributed by atoms with Crippen LogP contribution in [0.15, 0.2) is 24.3 Å². The second-order valence-electron chi connectivity index (χ2n) is 6.55. The summed E-state index contributed by atoms with van der Waals surface area (Å²) >= 11 is 0. The van der Waals surface area contributed by atoms with Crippen molar-refractivity contribution < 1.29 is 9.53 Å². The highest BCUT2D eigenvalue weighted by Crippen LogP contribution is 2.35. The minimum absolute atomic E-state index is 0.0991. The Balaban J connectivity index is 1.44. The fourth-order valence-corrected chi connectivity index (χ4v) is 3.20. The molecule has 1 atom stereocenters. The van der Waals surface area contributed by atoms with Gasteiger partial charge in [0, 0.05) is 32.2 Å². The molecule has 0 N–H and O–H groups in total. The van der Waals surface area contributed by atoms with Gasteiger partial charge in [0.2, 0.25) is 0 Å². The number of para-hydroxylation sites is 1. The molecule has 1 heterocycles. The third-order valence-electron chi connectivity index (χ3n) is 4.99. The molecular formula is C18H26N2O2. The molecule has 4 nitrogen and oxygen atoms in total.